The number of imidazole rings is 1. The first-order chi connectivity index (χ1) is 18.5. The molecule has 2 aliphatic rings. The van der Waals surface area contributed by atoms with E-state index < -0.39 is 17.6 Å². The van der Waals surface area contributed by atoms with Gasteiger partial charge >= 0.3 is 6.09 Å². The zero-order chi connectivity index (χ0) is 28.3. The van der Waals surface area contributed by atoms with Crippen molar-refractivity contribution in [3.05, 3.63) is 30.1 Å². The number of rotatable bonds is 6. The van der Waals surface area contributed by atoms with E-state index in [0.717, 1.165) is 11.0 Å². The Hall–Kier alpha value is -3.14. The van der Waals surface area contributed by atoms with Crippen molar-refractivity contribution in [2.45, 2.75) is 66.2 Å². The number of carbonyl (C=O) groups excluding carboxylic acids is 3. The van der Waals surface area contributed by atoms with Crippen molar-refractivity contribution >= 4 is 28.9 Å². The molecular weight excluding hydrogens is 498 g/mol. The van der Waals surface area contributed by atoms with Crippen LogP contribution in [0.1, 0.15) is 58.6 Å². The molecule has 10 heteroatoms. The molecule has 1 aromatic carbocycles. The maximum atomic E-state index is 14.2. The molecule has 39 heavy (non-hydrogen) atoms. The molecule has 0 saturated carbocycles. The van der Waals surface area contributed by atoms with Gasteiger partial charge in [-0.2, -0.15) is 0 Å². The number of likely N-dealkylation sites (tertiary alicyclic amines) is 1. The molecule has 3 heterocycles. The number of ether oxygens (including phenoxy) is 2. The molecule has 10 nitrogen and oxygen atoms in total. The number of aryl methyl sites for hydroxylation is 1. The Balaban J connectivity index is 1.68. The molecular formula is C29H43N5O5. The van der Waals surface area contributed by atoms with Crippen LogP contribution in [-0.2, 0) is 20.8 Å². The first-order valence-corrected chi connectivity index (χ1v) is 14.1. The largest absolute Gasteiger partial charge is 0.444 e. The maximum absolute atomic E-state index is 14.2. The Morgan fingerprint density at radius 1 is 1.10 bits per heavy atom. The van der Waals surface area contributed by atoms with E-state index in [0.29, 0.717) is 58.2 Å². The molecule has 0 aliphatic carbocycles. The summed E-state index contributed by atoms with van der Waals surface area (Å²) in [7, 11) is 0. The molecule has 4 rings (SSSR count). The van der Waals surface area contributed by atoms with Gasteiger partial charge in [0.25, 0.3) is 5.91 Å². The molecule has 2 atom stereocenters. The molecule has 0 radical (unpaired) electrons. The monoisotopic (exact) mass is 541 g/mol. The average Bonchev–Trinajstić information content (AvgIpc) is 3.29. The summed E-state index contributed by atoms with van der Waals surface area (Å²) >= 11 is 0. The van der Waals surface area contributed by atoms with Crippen molar-refractivity contribution in [3.8, 4) is 0 Å². The summed E-state index contributed by atoms with van der Waals surface area (Å²) in [4.78, 5) is 51.0. The molecule has 0 bridgehead atoms. The number of fused-ring (bicyclic) bond motifs is 1. The van der Waals surface area contributed by atoms with Crippen LogP contribution >= 0.6 is 0 Å². The minimum absolute atomic E-state index is 0.00528. The summed E-state index contributed by atoms with van der Waals surface area (Å²) in [5.74, 6) is -0.0741. The van der Waals surface area contributed by atoms with Crippen molar-refractivity contribution in [3.63, 3.8) is 0 Å². The highest BCUT2D eigenvalue weighted by atomic mass is 16.6. The molecule has 2 fully saturated rings. The summed E-state index contributed by atoms with van der Waals surface area (Å²) in [6, 6.07) is 7.38. The minimum atomic E-state index is -0.673. The number of morpholine rings is 1. The van der Waals surface area contributed by atoms with Gasteiger partial charge in [0.15, 0.2) is 5.82 Å². The van der Waals surface area contributed by atoms with Crippen LogP contribution in [0.3, 0.4) is 0 Å². The Bertz CT molecular complexity index is 1180. The summed E-state index contributed by atoms with van der Waals surface area (Å²) in [6.07, 6.45) is 0.00467. The van der Waals surface area contributed by atoms with Crippen molar-refractivity contribution < 1.29 is 23.9 Å². The van der Waals surface area contributed by atoms with Gasteiger partial charge in [-0.3, -0.25) is 9.59 Å². The van der Waals surface area contributed by atoms with Crippen molar-refractivity contribution in [2.24, 2.45) is 11.8 Å². The van der Waals surface area contributed by atoms with E-state index in [1.165, 1.54) is 0 Å². The van der Waals surface area contributed by atoms with Crippen LogP contribution < -0.4 is 0 Å². The van der Waals surface area contributed by atoms with Crippen molar-refractivity contribution in [2.75, 3.05) is 45.9 Å². The van der Waals surface area contributed by atoms with Crippen LogP contribution in [0.5, 0.6) is 0 Å². The SMILES string of the molecule is CCn1c(C(=O)N(CC(C)C)[C@H]2C[C@@H](C(=O)N3CCOCC3)CN(C(=O)OC(C)(C)C)C2)nc2ccccc21. The number of amides is 3. The number of carbonyl (C=O) groups is 3. The molecule has 0 spiro atoms. The standard InChI is InChI=1S/C29H43N5O5/c1-7-33-24-11-9-8-10-23(24)30-25(33)27(36)34(17-20(2)3)22-16-21(26(35)31-12-14-38-15-13-31)18-32(19-22)28(37)39-29(4,5)6/h8-11,20-22H,7,12-19H2,1-6H3/t21-,22+/m1/s1. The lowest BCUT2D eigenvalue weighted by Gasteiger charge is -2.44. The Labute approximate surface area is 231 Å². The number of hydrogen-bond acceptors (Lipinski definition) is 6. The van der Waals surface area contributed by atoms with Crippen LogP contribution in [0.25, 0.3) is 11.0 Å². The number of benzene rings is 1. The van der Waals surface area contributed by atoms with Crippen LogP contribution in [0.2, 0.25) is 0 Å². The molecule has 2 aromatic rings. The molecule has 214 valence electrons. The van der Waals surface area contributed by atoms with E-state index in [2.05, 4.69) is 13.8 Å². The topological polar surface area (TPSA) is 97.2 Å². The van der Waals surface area contributed by atoms with Gasteiger partial charge < -0.3 is 28.7 Å². The van der Waals surface area contributed by atoms with E-state index >= 15 is 0 Å². The minimum Gasteiger partial charge on any atom is -0.444 e. The third-order valence-electron chi connectivity index (χ3n) is 7.18. The number of nitrogens with zero attached hydrogens (tertiary/aromatic N) is 5. The van der Waals surface area contributed by atoms with Crippen LogP contribution in [0.15, 0.2) is 24.3 Å². The van der Waals surface area contributed by atoms with Gasteiger partial charge in [-0.1, -0.05) is 26.0 Å². The highest BCUT2D eigenvalue weighted by Crippen LogP contribution is 2.28. The van der Waals surface area contributed by atoms with Gasteiger partial charge in [-0.05, 0) is 52.2 Å². The zero-order valence-corrected chi connectivity index (χ0v) is 24.2. The number of hydrogen-bond donors (Lipinski definition) is 0. The second-order valence-corrected chi connectivity index (χ2v) is 11.9. The lowest BCUT2D eigenvalue weighted by atomic mass is 9.91. The third kappa shape index (κ3) is 6.72. The van der Waals surface area contributed by atoms with E-state index in [1.807, 2.05) is 66.3 Å². The van der Waals surface area contributed by atoms with Crippen LogP contribution in [-0.4, -0.2) is 99.7 Å². The summed E-state index contributed by atoms with van der Waals surface area (Å²) in [6.45, 7) is 15.3. The maximum Gasteiger partial charge on any atom is 0.410 e. The lowest BCUT2D eigenvalue weighted by molar-refractivity contribution is -0.142. The predicted molar refractivity (Wildman–Crippen MR) is 148 cm³/mol. The third-order valence-corrected chi connectivity index (χ3v) is 7.18. The molecule has 1 aromatic heterocycles. The molecule has 3 amide bonds. The lowest BCUT2D eigenvalue weighted by Crippen LogP contribution is -2.58. The second-order valence-electron chi connectivity index (χ2n) is 11.9. The van der Waals surface area contributed by atoms with Gasteiger partial charge in [-0.15, -0.1) is 0 Å². The van der Waals surface area contributed by atoms with Crippen LogP contribution in [0, 0.1) is 11.8 Å². The normalized spacial score (nSPS) is 20.4. The molecule has 0 unspecified atom stereocenters. The number of para-hydroxylation sites is 2. The number of piperidine rings is 1. The zero-order valence-electron chi connectivity index (χ0n) is 24.2. The predicted octanol–water partition coefficient (Wildman–Crippen LogP) is 3.64. The smallest absolute Gasteiger partial charge is 0.410 e. The van der Waals surface area contributed by atoms with Crippen molar-refractivity contribution in [1.29, 1.82) is 0 Å². The van der Waals surface area contributed by atoms with Crippen LogP contribution in [0.4, 0.5) is 4.79 Å². The summed E-state index contributed by atoms with van der Waals surface area (Å²) in [5, 5.41) is 0. The summed E-state index contributed by atoms with van der Waals surface area (Å²) in [5.41, 5.74) is 1.01. The average molecular weight is 542 g/mol. The Morgan fingerprint density at radius 3 is 2.44 bits per heavy atom. The fourth-order valence-electron chi connectivity index (χ4n) is 5.47. The molecule has 2 aliphatic heterocycles. The fourth-order valence-corrected chi connectivity index (χ4v) is 5.47. The Kier molecular flexibility index (Phi) is 8.83. The quantitative estimate of drug-likeness (QED) is 0.554. The molecule has 2 saturated heterocycles. The first-order valence-electron chi connectivity index (χ1n) is 14.1. The van der Waals surface area contributed by atoms with Crippen molar-refractivity contribution in [1.82, 2.24) is 24.3 Å². The van der Waals surface area contributed by atoms with Gasteiger partial charge in [0.1, 0.15) is 5.60 Å². The highest BCUT2D eigenvalue weighted by molar-refractivity contribution is 5.95. The van der Waals surface area contributed by atoms with E-state index in [1.54, 1.807) is 4.90 Å². The number of aromatic nitrogens is 2. The highest BCUT2D eigenvalue weighted by Gasteiger charge is 2.41. The van der Waals surface area contributed by atoms with Gasteiger partial charge in [0.05, 0.1) is 36.2 Å². The van der Waals surface area contributed by atoms with E-state index in [9.17, 15) is 14.4 Å². The first kappa shape index (κ1) is 28.9. The Morgan fingerprint density at radius 2 is 1.79 bits per heavy atom. The van der Waals surface area contributed by atoms with E-state index in [-0.39, 0.29) is 30.3 Å². The fraction of sp³-hybridized carbons (Fsp3) is 0.655. The van der Waals surface area contributed by atoms with Gasteiger partial charge in [0.2, 0.25) is 5.91 Å². The molecule has 0 N–H and O–H groups in total. The summed E-state index contributed by atoms with van der Waals surface area (Å²) < 4.78 is 13.1. The van der Waals surface area contributed by atoms with Gasteiger partial charge in [-0.25, -0.2) is 9.78 Å². The van der Waals surface area contributed by atoms with Gasteiger partial charge in [0, 0.05) is 39.3 Å². The second kappa shape index (κ2) is 11.9. The van der Waals surface area contributed by atoms with E-state index in [4.69, 9.17) is 14.5 Å².